The summed E-state index contributed by atoms with van der Waals surface area (Å²) in [5.74, 6) is -3.25. The van der Waals surface area contributed by atoms with Crippen LogP contribution in [0.25, 0.3) is 0 Å². The molecule has 7 N–H and O–H groups in total. The zero-order valence-electron chi connectivity index (χ0n) is 26.3. The molecule has 11 nitrogen and oxygen atoms in total. The number of carbonyl (C=O) groups excluding carboxylic acids is 3. The number of hydrogen-bond acceptors (Lipinski definition) is 8. The Balaban J connectivity index is 2.63. The van der Waals surface area contributed by atoms with Crippen molar-refractivity contribution in [2.75, 3.05) is 0 Å². The Bertz CT molecular complexity index is 1210. The van der Waals surface area contributed by atoms with Crippen molar-refractivity contribution < 1.29 is 44.3 Å². The van der Waals surface area contributed by atoms with Crippen LogP contribution in [0.5, 0.6) is 0 Å². The van der Waals surface area contributed by atoms with E-state index < -0.39 is 65.9 Å². The Hall–Kier alpha value is -3.22. The number of hydrogen-bond donors (Lipinski definition) is 6. The van der Waals surface area contributed by atoms with Gasteiger partial charge in [0.1, 0.15) is 17.6 Å². The van der Waals surface area contributed by atoms with Gasteiger partial charge in [0, 0.05) is 29.5 Å². The van der Waals surface area contributed by atoms with Gasteiger partial charge < -0.3 is 36.2 Å². The van der Waals surface area contributed by atoms with Crippen molar-refractivity contribution in [2.45, 2.75) is 95.1 Å². The number of allylic oxidation sites excluding steroid dienone is 9. The van der Waals surface area contributed by atoms with Crippen LogP contribution in [-0.4, -0.2) is 80.0 Å². The van der Waals surface area contributed by atoms with Crippen molar-refractivity contribution in [3.05, 3.63) is 71.4 Å². The molecule has 1 aliphatic rings. The average molecular weight is 686 g/mol. The van der Waals surface area contributed by atoms with Gasteiger partial charge in [-0.25, -0.2) is 4.79 Å². The second kappa shape index (κ2) is 21.6. The number of carboxylic acid groups (broad SMARTS) is 1. The van der Waals surface area contributed by atoms with Crippen LogP contribution in [0, 0.1) is 11.8 Å². The second-order valence-corrected chi connectivity index (χ2v) is 12.1. The summed E-state index contributed by atoms with van der Waals surface area (Å²) in [6, 6.07) is -0.149. The molecular weight excluding hydrogens is 639 g/mol. The summed E-state index contributed by atoms with van der Waals surface area (Å²) < 4.78 is 4.89. The SMILES string of the molecule is CC/C=C/C(OC(N)=O)C(Cl)C(O)CC(=O)C(O)C(O)C(C)/C(Cl)=C/C=C/C=C(C)/C=C/C=C/C(=O)NC1CCCC(C(=O)O)C1. The number of carboxylic acids is 1. The average Bonchev–Trinajstić information content (AvgIpc) is 3.01. The minimum absolute atomic E-state index is 0.149. The molecule has 8 atom stereocenters. The maximum Gasteiger partial charge on any atom is 0.405 e. The summed E-state index contributed by atoms with van der Waals surface area (Å²) in [7, 11) is 0. The van der Waals surface area contributed by atoms with Crippen LogP contribution in [0.2, 0.25) is 0 Å². The number of nitrogens with two attached hydrogens (primary N) is 1. The predicted molar refractivity (Wildman–Crippen MR) is 177 cm³/mol. The molecule has 1 rings (SSSR count). The van der Waals surface area contributed by atoms with Crippen LogP contribution in [0.4, 0.5) is 4.79 Å². The number of aliphatic hydroxyl groups excluding tert-OH is 3. The maximum absolute atomic E-state index is 12.6. The highest BCUT2D eigenvalue weighted by molar-refractivity contribution is 6.30. The molecule has 1 aliphatic carbocycles. The van der Waals surface area contributed by atoms with E-state index in [1.165, 1.54) is 25.2 Å². The van der Waals surface area contributed by atoms with Crippen molar-refractivity contribution in [3.63, 3.8) is 0 Å². The van der Waals surface area contributed by atoms with Crippen LogP contribution in [0.15, 0.2) is 71.4 Å². The summed E-state index contributed by atoms with van der Waals surface area (Å²) in [4.78, 5) is 47.1. The highest BCUT2D eigenvalue weighted by Gasteiger charge is 2.35. The van der Waals surface area contributed by atoms with Gasteiger partial charge >= 0.3 is 12.1 Å². The number of carbonyl (C=O) groups is 4. The Labute approximate surface area is 280 Å². The lowest BCUT2D eigenvalue weighted by molar-refractivity contribution is -0.143. The standard InChI is InChI=1S/C33H46Cl2N2O9/c1-4-5-16-27(46-33(36)45)29(35)25(38)19-26(39)31(42)30(41)21(3)24(34)15-8-6-11-20(2)12-7-9-17-28(40)37-23-14-10-13-22(18-23)32(43)44/h5-9,11-12,15-17,21-23,25,27,29-31,38,41-42H,4,10,13-14,18-19H2,1-3H3,(H2,36,45)(H,37,40)(H,43,44)/b8-6+,12-7+,16-5+,17-9+,20-11+,24-15-. The maximum atomic E-state index is 12.6. The normalized spacial score (nSPS) is 22.1. The topological polar surface area (TPSA) is 196 Å². The van der Waals surface area contributed by atoms with Crippen LogP contribution in [0.3, 0.4) is 0 Å². The number of primary amides is 1. The number of aliphatic carboxylic acids is 1. The minimum atomic E-state index is -1.87. The molecule has 0 aromatic heterocycles. The molecule has 1 saturated carbocycles. The van der Waals surface area contributed by atoms with E-state index in [0.29, 0.717) is 19.3 Å². The van der Waals surface area contributed by atoms with Gasteiger partial charge in [0.05, 0.1) is 18.1 Å². The van der Waals surface area contributed by atoms with Crippen LogP contribution < -0.4 is 11.1 Å². The fourth-order valence-corrected chi connectivity index (χ4v) is 5.03. The lowest BCUT2D eigenvalue weighted by Crippen LogP contribution is -2.43. The number of nitrogens with one attached hydrogen (secondary N) is 1. The first kappa shape index (κ1) is 40.8. The minimum Gasteiger partial charge on any atom is -0.481 e. The van der Waals surface area contributed by atoms with Gasteiger partial charge in [-0.05, 0) is 44.8 Å². The monoisotopic (exact) mass is 684 g/mol. The molecule has 0 aromatic carbocycles. The number of alkyl halides is 1. The van der Waals surface area contributed by atoms with E-state index in [1.807, 2.05) is 13.8 Å². The molecule has 46 heavy (non-hydrogen) atoms. The molecule has 0 heterocycles. The number of aliphatic hydroxyl groups is 3. The van der Waals surface area contributed by atoms with Crippen molar-refractivity contribution in [3.8, 4) is 0 Å². The van der Waals surface area contributed by atoms with E-state index in [9.17, 15) is 39.6 Å². The van der Waals surface area contributed by atoms with Crippen molar-refractivity contribution >= 4 is 47.0 Å². The van der Waals surface area contributed by atoms with Gasteiger partial charge in [0.15, 0.2) is 5.78 Å². The van der Waals surface area contributed by atoms with Gasteiger partial charge in [-0.3, -0.25) is 14.4 Å². The Morgan fingerprint density at radius 2 is 1.70 bits per heavy atom. The molecule has 2 amide bonds. The summed E-state index contributed by atoms with van der Waals surface area (Å²) >= 11 is 12.5. The first-order valence-electron chi connectivity index (χ1n) is 15.1. The molecule has 8 unspecified atom stereocenters. The predicted octanol–water partition coefficient (Wildman–Crippen LogP) is 4.20. The Morgan fingerprint density at radius 1 is 1.04 bits per heavy atom. The van der Waals surface area contributed by atoms with Crippen molar-refractivity contribution in [1.29, 1.82) is 0 Å². The van der Waals surface area contributed by atoms with Gasteiger partial charge in [-0.2, -0.15) is 0 Å². The fraction of sp³-hybridized carbons (Fsp3) is 0.515. The highest BCUT2D eigenvalue weighted by atomic mass is 35.5. The van der Waals surface area contributed by atoms with E-state index >= 15 is 0 Å². The third-order valence-corrected chi connectivity index (χ3v) is 8.33. The molecule has 0 aliphatic heterocycles. The number of halogens is 2. The molecule has 0 radical (unpaired) electrons. The molecular formula is C33H46Cl2N2O9. The molecule has 1 fully saturated rings. The summed E-state index contributed by atoms with van der Waals surface area (Å²) in [5, 5.41) is 42.3. The number of Topliss-reactive ketones (excluding diaryl/α,β-unsaturated/α-hetero) is 1. The number of ether oxygens (including phenoxy) is 1. The van der Waals surface area contributed by atoms with Gasteiger partial charge in [0.25, 0.3) is 0 Å². The number of ketones is 1. The Morgan fingerprint density at radius 3 is 2.33 bits per heavy atom. The molecule has 256 valence electrons. The van der Waals surface area contributed by atoms with E-state index in [0.717, 1.165) is 18.4 Å². The highest BCUT2D eigenvalue weighted by Crippen LogP contribution is 2.25. The van der Waals surface area contributed by atoms with Crippen LogP contribution in [-0.2, 0) is 19.1 Å². The fourth-order valence-electron chi connectivity index (χ4n) is 4.61. The first-order chi connectivity index (χ1) is 21.7. The second-order valence-electron chi connectivity index (χ2n) is 11.1. The summed E-state index contributed by atoms with van der Waals surface area (Å²) in [6.45, 7) is 5.19. The molecule has 0 saturated heterocycles. The summed E-state index contributed by atoms with van der Waals surface area (Å²) in [5.41, 5.74) is 5.90. The zero-order chi connectivity index (χ0) is 34.8. The van der Waals surface area contributed by atoms with Crippen LogP contribution in [0.1, 0.15) is 59.3 Å². The summed E-state index contributed by atoms with van der Waals surface area (Å²) in [6.07, 6.45) is 11.5. The van der Waals surface area contributed by atoms with E-state index in [2.05, 4.69) is 5.32 Å². The lowest BCUT2D eigenvalue weighted by atomic mass is 9.86. The largest absolute Gasteiger partial charge is 0.481 e. The zero-order valence-corrected chi connectivity index (χ0v) is 27.8. The van der Waals surface area contributed by atoms with Crippen LogP contribution >= 0.6 is 23.2 Å². The number of amides is 2. The van der Waals surface area contributed by atoms with Crippen molar-refractivity contribution in [1.82, 2.24) is 5.32 Å². The molecule has 0 spiro atoms. The number of rotatable bonds is 18. The van der Waals surface area contributed by atoms with Gasteiger partial charge in [0.2, 0.25) is 5.91 Å². The molecule has 0 bridgehead atoms. The molecule has 13 heteroatoms. The third kappa shape index (κ3) is 15.4. The molecule has 0 aromatic rings. The first-order valence-corrected chi connectivity index (χ1v) is 15.9. The van der Waals surface area contributed by atoms with Gasteiger partial charge in [-0.15, -0.1) is 11.6 Å². The van der Waals surface area contributed by atoms with Crippen molar-refractivity contribution in [2.24, 2.45) is 17.6 Å². The smallest absolute Gasteiger partial charge is 0.405 e. The van der Waals surface area contributed by atoms with E-state index in [-0.39, 0.29) is 17.0 Å². The Kier molecular flexibility index (Phi) is 19.1. The quantitative estimate of drug-likeness (QED) is 0.0530. The lowest BCUT2D eigenvalue weighted by Gasteiger charge is -2.26. The van der Waals surface area contributed by atoms with Gasteiger partial charge in [-0.1, -0.05) is 80.0 Å². The van der Waals surface area contributed by atoms with E-state index in [1.54, 1.807) is 42.5 Å². The third-order valence-electron chi connectivity index (χ3n) is 7.32. The van der Waals surface area contributed by atoms with E-state index in [4.69, 9.17) is 33.7 Å².